The molecule has 12 heteroatoms. The summed E-state index contributed by atoms with van der Waals surface area (Å²) < 4.78 is 6.80. The van der Waals surface area contributed by atoms with Crippen LogP contribution in [0, 0.1) is 17.2 Å². The number of nitrogens with one attached hydrogen (secondary N) is 1. The molecule has 1 saturated heterocycles. The van der Waals surface area contributed by atoms with E-state index in [1.165, 1.54) is 28.4 Å². The van der Waals surface area contributed by atoms with Crippen molar-refractivity contribution in [1.82, 2.24) is 14.6 Å². The lowest BCUT2D eigenvalue weighted by Gasteiger charge is -2.24. The van der Waals surface area contributed by atoms with E-state index < -0.39 is 30.5 Å². The number of anilines is 1. The number of aliphatic hydroxyl groups is 3. The molecule has 0 radical (unpaired) electrons. The van der Waals surface area contributed by atoms with Gasteiger partial charge in [0.15, 0.2) is 5.82 Å². The molecule has 31 heavy (non-hydrogen) atoms. The van der Waals surface area contributed by atoms with Gasteiger partial charge in [-0.05, 0) is 12.1 Å². The van der Waals surface area contributed by atoms with Gasteiger partial charge in [-0.2, -0.15) is 10.4 Å². The second-order valence-corrected chi connectivity index (χ2v) is 8.39. The van der Waals surface area contributed by atoms with Crippen molar-refractivity contribution in [3.8, 4) is 6.07 Å². The monoisotopic (exact) mass is 449 g/mol. The number of ketones is 1. The van der Waals surface area contributed by atoms with Gasteiger partial charge in [0.25, 0.3) is 0 Å². The molecule has 0 aromatic carbocycles. The first-order valence-corrected chi connectivity index (χ1v) is 10.7. The van der Waals surface area contributed by atoms with E-state index in [0.29, 0.717) is 5.52 Å². The maximum Gasteiger partial charge on any atom is 0.235 e. The van der Waals surface area contributed by atoms with Crippen molar-refractivity contribution in [3.05, 3.63) is 24.2 Å². The molecule has 0 spiro atoms. The number of aromatic nitrogens is 3. The Morgan fingerprint density at radius 2 is 2.13 bits per heavy atom. The Morgan fingerprint density at radius 3 is 2.74 bits per heavy atom. The minimum Gasteiger partial charge on any atom is -0.394 e. The predicted octanol–water partition coefficient (Wildman–Crippen LogP) is -0.542. The highest BCUT2D eigenvalue weighted by Crippen LogP contribution is 2.40. The molecular weight excluding hydrogens is 426 g/mol. The molecule has 4 atom stereocenters. The summed E-state index contributed by atoms with van der Waals surface area (Å²) in [5.74, 6) is 0.0406. The van der Waals surface area contributed by atoms with Crippen molar-refractivity contribution in [2.45, 2.75) is 37.8 Å². The largest absolute Gasteiger partial charge is 0.394 e. The number of hydrogen-bond donors (Lipinski definition) is 4. The van der Waals surface area contributed by atoms with Gasteiger partial charge in [0.2, 0.25) is 11.5 Å². The van der Waals surface area contributed by atoms with Gasteiger partial charge in [0.1, 0.15) is 42.0 Å². The van der Waals surface area contributed by atoms with Crippen LogP contribution in [0.1, 0.15) is 19.5 Å². The topological polar surface area (TPSA) is 170 Å². The van der Waals surface area contributed by atoms with Crippen molar-refractivity contribution in [3.63, 3.8) is 0 Å². The van der Waals surface area contributed by atoms with E-state index in [1.807, 2.05) is 6.07 Å². The van der Waals surface area contributed by atoms with Crippen LogP contribution in [0.4, 0.5) is 5.82 Å². The molecule has 11 nitrogen and oxygen atoms in total. The highest BCUT2D eigenvalue weighted by molar-refractivity contribution is 8.00. The van der Waals surface area contributed by atoms with Gasteiger partial charge in [-0.1, -0.05) is 13.8 Å². The minimum atomic E-state index is -1.97. The number of carbonyl (C=O) groups excluding carboxylic acids is 2. The van der Waals surface area contributed by atoms with Crippen LogP contribution in [0.2, 0.25) is 0 Å². The van der Waals surface area contributed by atoms with Crippen LogP contribution < -0.4 is 5.32 Å². The third-order valence-corrected chi connectivity index (χ3v) is 5.97. The van der Waals surface area contributed by atoms with Crippen LogP contribution >= 0.6 is 11.8 Å². The van der Waals surface area contributed by atoms with E-state index in [4.69, 9.17) is 4.74 Å². The molecule has 1 fully saturated rings. The van der Waals surface area contributed by atoms with Gasteiger partial charge in [0, 0.05) is 5.92 Å². The first-order valence-electron chi connectivity index (χ1n) is 9.54. The van der Waals surface area contributed by atoms with Gasteiger partial charge in [-0.15, -0.1) is 11.8 Å². The van der Waals surface area contributed by atoms with Crippen molar-refractivity contribution in [1.29, 1.82) is 5.26 Å². The van der Waals surface area contributed by atoms with Gasteiger partial charge in [-0.3, -0.25) is 9.59 Å². The van der Waals surface area contributed by atoms with E-state index in [1.54, 1.807) is 13.8 Å². The third-order valence-electron chi connectivity index (χ3n) is 5.02. The number of rotatable bonds is 8. The van der Waals surface area contributed by atoms with Crippen molar-refractivity contribution in [2.24, 2.45) is 5.92 Å². The molecule has 0 unspecified atom stereocenters. The maximum atomic E-state index is 12.3. The molecule has 1 amide bonds. The lowest BCUT2D eigenvalue weighted by molar-refractivity contribution is -0.119. The lowest BCUT2D eigenvalue weighted by Crippen LogP contribution is -2.41. The predicted molar refractivity (Wildman–Crippen MR) is 110 cm³/mol. The average Bonchev–Trinajstić information content (AvgIpc) is 3.29. The molecule has 1 aliphatic rings. The Labute approximate surface area is 182 Å². The third kappa shape index (κ3) is 4.28. The quantitative estimate of drug-likeness (QED) is 0.410. The van der Waals surface area contributed by atoms with Crippen LogP contribution in [-0.4, -0.2) is 78.0 Å². The highest BCUT2D eigenvalue weighted by atomic mass is 32.2. The standard InChI is InChI=1S/C19H23N5O6S/c1-10(2)12(26)6-31-7-15(27)23-18-11-3-4-14(24(11)22-9-21-18)19(8-20)17(29)16(28)13(5-25)30-19/h3-4,9-10,13,16-17,25,28-29H,5-7H2,1-2H3,(H,21,22,23,27)/t13-,16-,17-,19+/m1/s1. The average molecular weight is 449 g/mol. The van der Waals surface area contributed by atoms with E-state index >= 15 is 0 Å². The summed E-state index contributed by atoms with van der Waals surface area (Å²) in [5.41, 5.74) is -1.52. The van der Waals surface area contributed by atoms with Crippen molar-refractivity contribution in [2.75, 3.05) is 23.4 Å². The minimum absolute atomic E-state index is 0.0521. The van der Waals surface area contributed by atoms with E-state index in [-0.39, 0.29) is 40.6 Å². The number of nitrogens with zero attached hydrogens (tertiary/aromatic N) is 4. The summed E-state index contributed by atoms with van der Waals surface area (Å²) in [6.07, 6.45) is -3.09. The van der Waals surface area contributed by atoms with E-state index in [2.05, 4.69) is 15.4 Å². The Kier molecular flexibility index (Phi) is 6.93. The van der Waals surface area contributed by atoms with Crippen molar-refractivity contribution >= 4 is 34.8 Å². The van der Waals surface area contributed by atoms with Crippen LogP contribution in [0.15, 0.2) is 18.5 Å². The zero-order valence-corrected chi connectivity index (χ0v) is 17.7. The number of carbonyl (C=O) groups is 2. The molecule has 2 aromatic rings. The number of nitriles is 1. The SMILES string of the molecule is CC(C)C(=O)CSCC(=O)Nc1ncnn2c([C@]3(C#N)O[C@H](CO)[C@@H](O)[C@H]3O)ccc12. The Hall–Kier alpha value is -2.56. The van der Waals surface area contributed by atoms with Gasteiger partial charge >= 0.3 is 0 Å². The summed E-state index contributed by atoms with van der Waals surface area (Å²) in [6.45, 7) is 3.01. The zero-order chi connectivity index (χ0) is 22.8. The number of aliphatic hydroxyl groups excluding tert-OH is 3. The molecule has 4 N–H and O–H groups in total. The zero-order valence-electron chi connectivity index (χ0n) is 16.9. The number of fused-ring (bicyclic) bond motifs is 1. The summed E-state index contributed by atoms with van der Waals surface area (Å²) in [5, 5.41) is 46.4. The number of Topliss-reactive ketones (excluding diaryl/α,β-unsaturated/α-hetero) is 1. The van der Waals surface area contributed by atoms with E-state index in [9.17, 15) is 30.2 Å². The lowest BCUT2D eigenvalue weighted by atomic mass is 9.92. The fourth-order valence-corrected chi connectivity index (χ4v) is 4.11. The first kappa shape index (κ1) is 23.1. The number of amides is 1. The summed E-state index contributed by atoms with van der Waals surface area (Å²) in [4.78, 5) is 28.0. The van der Waals surface area contributed by atoms with E-state index in [0.717, 1.165) is 6.33 Å². The molecule has 166 valence electrons. The maximum absolute atomic E-state index is 12.3. The number of ether oxygens (including phenoxy) is 1. The Morgan fingerprint density at radius 1 is 1.39 bits per heavy atom. The normalized spacial score (nSPS) is 25.6. The summed E-state index contributed by atoms with van der Waals surface area (Å²) >= 11 is 1.19. The number of hydrogen-bond acceptors (Lipinski definition) is 10. The molecule has 0 bridgehead atoms. The summed E-state index contributed by atoms with van der Waals surface area (Å²) in [7, 11) is 0. The second-order valence-electron chi connectivity index (χ2n) is 7.41. The van der Waals surface area contributed by atoms with Crippen LogP contribution in [0.5, 0.6) is 0 Å². The first-order chi connectivity index (χ1) is 14.7. The fourth-order valence-electron chi connectivity index (χ4n) is 3.22. The Bertz CT molecular complexity index is 1020. The molecular formula is C19H23N5O6S. The molecule has 2 aromatic heterocycles. The van der Waals surface area contributed by atoms with Crippen LogP contribution in [-0.2, 0) is 19.9 Å². The molecule has 3 rings (SSSR count). The fraction of sp³-hybridized carbons (Fsp3) is 0.526. The number of thioether (sulfide) groups is 1. The smallest absolute Gasteiger partial charge is 0.235 e. The Balaban J connectivity index is 1.83. The van der Waals surface area contributed by atoms with Gasteiger partial charge < -0.3 is 25.4 Å². The van der Waals surface area contributed by atoms with Gasteiger partial charge in [-0.25, -0.2) is 9.50 Å². The van der Waals surface area contributed by atoms with Crippen molar-refractivity contribution < 1.29 is 29.6 Å². The molecule has 0 aliphatic carbocycles. The van der Waals surface area contributed by atoms with Crippen LogP contribution in [0.25, 0.3) is 5.52 Å². The molecule has 1 aliphatic heterocycles. The molecule has 3 heterocycles. The van der Waals surface area contributed by atoms with Gasteiger partial charge in [0.05, 0.1) is 23.8 Å². The van der Waals surface area contributed by atoms with Crippen LogP contribution in [0.3, 0.4) is 0 Å². The summed E-state index contributed by atoms with van der Waals surface area (Å²) in [6, 6.07) is 4.88. The molecule has 0 saturated carbocycles. The highest BCUT2D eigenvalue weighted by Gasteiger charge is 2.57. The second kappa shape index (κ2) is 9.29.